The Morgan fingerprint density at radius 3 is 2.94 bits per heavy atom. The fourth-order valence-electron chi connectivity index (χ4n) is 2.11. The molecule has 0 aromatic heterocycles. The Morgan fingerprint density at radius 1 is 1.31 bits per heavy atom. The van der Waals surface area contributed by atoms with Gasteiger partial charge in [0.1, 0.15) is 5.75 Å². The van der Waals surface area contributed by atoms with Gasteiger partial charge in [-0.2, -0.15) is 0 Å². The van der Waals surface area contributed by atoms with E-state index in [1.54, 1.807) is 7.11 Å². The molecule has 84 valence electrons. The predicted molar refractivity (Wildman–Crippen MR) is 69.5 cm³/mol. The minimum atomic E-state index is 0.941. The summed E-state index contributed by atoms with van der Waals surface area (Å²) in [6, 6.07) is 6.31. The predicted octanol–water partition coefficient (Wildman–Crippen LogP) is 4.30. The number of rotatable bonds is 3. The van der Waals surface area contributed by atoms with Crippen molar-refractivity contribution in [2.24, 2.45) is 0 Å². The van der Waals surface area contributed by atoms with E-state index < -0.39 is 0 Å². The number of benzene rings is 1. The molecule has 0 spiro atoms. The van der Waals surface area contributed by atoms with Crippen LogP contribution < -0.4 is 4.74 Å². The van der Waals surface area contributed by atoms with Crippen LogP contribution in [0.5, 0.6) is 5.75 Å². The van der Waals surface area contributed by atoms with Gasteiger partial charge in [0.2, 0.25) is 0 Å². The smallest absolute Gasteiger partial charge is 0.119 e. The van der Waals surface area contributed by atoms with Crippen molar-refractivity contribution in [1.29, 1.82) is 0 Å². The molecule has 0 unspecified atom stereocenters. The number of methoxy groups -OCH3 is 1. The van der Waals surface area contributed by atoms with Crippen LogP contribution in [0.25, 0.3) is 11.6 Å². The first kappa shape index (κ1) is 11.0. The minimum absolute atomic E-state index is 0.941. The molecule has 1 aromatic carbocycles. The van der Waals surface area contributed by atoms with Crippen molar-refractivity contribution in [1.82, 2.24) is 0 Å². The van der Waals surface area contributed by atoms with E-state index in [0.717, 1.165) is 18.6 Å². The zero-order chi connectivity index (χ0) is 11.4. The van der Waals surface area contributed by atoms with Crippen molar-refractivity contribution in [2.75, 3.05) is 7.11 Å². The normalized spacial score (nSPS) is 14.0. The summed E-state index contributed by atoms with van der Waals surface area (Å²) in [6.07, 6.45) is 10.1. The highest BCUT2D eigenvalue weighted by Gasteiger charge is 2.08. The summed E-state index contributed by atoms with van der Waals surface area (Å²) in [6.45, 7) is 2.22. The monoisotopic (exact) mass is 214 g/mol. The lowest BCUT2D eigenvalue weighted by atomic mass is 9.97. The topological polar surface area (TPSA) is 9.23 Å². The van der Waals surface area contributed by atoms with E-state index in [4.69, 9.17) is 4.74 Å². The Labute approximate surface area is 97.4 Å². The molecule has 1 aliphatic carbocycles. The Hall–Kier alpha value is -1.50. The van der Waals surface area contributed by atoms with Crippen LogP contribution in [0, 0.1) is 0 Å². The third-order valence-corrected chi connectivity index (χ3v) is 2.92. The fourth-order valence-corrected chi connectivity index (χ4v) is 2.11. The molecule has 0 amide bonds. The van der Waals surface area contributed by atoms with Gasteiger partial charge in [-0.3, -0.25) is 0 Å². The second-order valence-electron chi connectivity index (χ2n) is 4.07. The average molecular weight is 214 g/mol. The van der Waals surface area contributed by atoms with Crippen molar-refractivity contribution in [3.05, 3.63) is 41.5 Å². The van der Waals surface area contributed by atoms with Gasteiger partial charge in [0.15, 0.2) is 0 Å². The maximum Gasteiger partial charge on any atom is 0.119 e. The van der Waals surface area contributed by atoms with E-state index in [9.17, 15) is 0 Å². The molecule has 0 aliphatic heterocycles. The molecule has 1 nitrogen and oxygen atoms in total. The number of fused-ring (bicyclic) bond motifs is 1. The lowest BCUT2D eigenvalue weighted by molar-refractivity contribution is 0.414. The first-order chi connectivity index (χ1) is 7.85. The maximum absolute atomic E-state index is 5.30. The van der Waals surface area contributed by atoms with E-state index in [1.165, 1.54) is 23.1 Å². The van der Waals surface area contributed by atoms with Crippen LogP contribution in [-0.2, 0) is 0 Å². The molecule has 2 rings (SSSR count). The molecule has 1 aromatic rings. The van der Waals surface area contributed by atoms with E-state index in [2.05, 4.69) is 37.3 Å². The van der Waals surface area contributed by atoms with Gasteiger partial charge >= 0.3 is 0 Å². The first-order valence-corrected chi connectivity index (χ1v) is 5.89. The van der Waals surface area contributed by atoms with Gasteiger partial charge in [0.25, 0.3) is 0 Å². The van der Waals surface area contributed by atoms with Gasteiger partial charge < -0.3 is 4.74 Å². The Bertz CT molecular complexity index is 427. The van der Waals surface area contributed by atoms with Gasteiger partial charge in [0, 0.05) is 0 Å². The van der Waals surface area contributed by atoms with Crippen molar-refractivity contribution >= 4 is 11.6 Å². The van der Waals surface area contributed by atoms with Crippen LogP contribution in [0.4, 0.5) is 0 Å². The van der Waals surface area contributed by atoms with Crippen LogP contribution in [0.1, 0.15) is 37.3 Å². The number of ether oxygens (including phenoxy) is 1. The fraction of sp³-hybridized carbons (Fsp3) is 0.333. The third-order valence-electron chi connectivity index (χ3n) is 2.92. The largest absolute Gasteiger partial charge is 0.497 e. The molecule has 0 saturated heterocycles. The molecular formula is C15H18O. The molecule has 0 heterocycles. The molecule has 0 fully saturated rings. The van der Waals surface area contributed by atoms with E-state index in [1.807, 2.05) is 6.07 Å². The zero-order valence-corrected chi connectivity index (χ0v) is 9.99. The van der Waals surface area contributed by atoms with Gasteiger partial charge in [-0.05, 0) is 41.7 Å². The maximum atomic E-state index is 5.30. The molecule has 0 radical (unpaired) electrons. The van der Waals surface area contributed by atoms with Gasteiger partial charge in [-0.25, -0.2) is 0 Å². The molecule has 0 saturated carbocycles. The van der Waals surface area contributed by atoms with Gasteiger partial charge in [-0.1, -0.05) is 37.6 Å². The lowest BCUT2D eigenvalue weighted by Crippen LogP contribution is -1.91. The van der Waals surface area contributed by atoms with Gasteiger partial charge in [0.05, 0.1) is 7.11 Å². The Balaban J connectivity index is 2.46. The van der Waals surface area contributed by atoms with Crippen molar-refractivity contribution in [3.8, 4) is 5.75 Å². The van der Waals surface area contributed by atoms with E-state index >= 15 is 0 Å². The molecular weight excluding hydrogens is 196 g/mol. The summed E-state index contributed by atoms with van der Waals surface area (Å²) >= 11 is 0. The molecule has 0 atom stereocenters. The standard InChI is InChI=1S/C15H18O/c1-3-6-12-7-4-5-8-13-9-10-14(16-2)11-15(12)13/h5,7-11H,3-4,6H2,1-2H3. The Kier molecular flexibility index (Phi) is 3.45. The highest BCUT2D eigenvalue weighted by atomic mass is 16.5. The Morgan fingerprint density at radius 2 is 2.19 bits per heavy atom. The quantitative estimate of drug-likeness (QED) is 0.729. The van der Waals surface area contributed by atoms with E-state index in [-0.39, 0.29) is 0 Å². The highest BCUT2D eigenvalue weighted by Crippen LogP contribution is 2.30. The minimum Gasteiger partial charge on any atom is -0.497 e. The summed E-state index contributed by atoms with van der Waals surface area (Å²) in [7, 11) is 1.72. The summed E-state index contributed by atoms with van der Waals surface area (Å²) < 4.78 is 5.30. The summed E-state index contributed by atoms with van der Waals surface area (Å²) in [5.74, 6) is 0.941. The van der Waals surface area contributed by atoms with Crippen molar-refractivity contribution in [3.63, 3.8) is 0 Å². The lowest BCUT2D eigenvalue weighted by Gasteiger charge is -2.11. The van der Waals surface area contributed by atoms with Gasteiger partial charge in [-0.15, -0.1) is 0 Å². The van der Waals surface area contributed by atoms with Crippen LogP contribution >= 0.6 is 0 Å². The average Bonchev–Trinajstić information content (AvgIpc) is 2.52. The molecule has 1 heteroatoms. The molecule has 0 bridgehead atoms. The molecule has 1 aliphatic rings. The van der Waals surface area contributed by atoms with Crippen LogP contribution in [-0.4, -0.2) is 7.11 Å². The number of hydrogen-bond acceptors (Lipinski definition) is 1. The second kappa shape index (κ2) is 5.02. The van der Waals surface area contributed by atoms with Crippen LogP contribution in [0.2, 0.25) is 0 Å². The number of allylic oxidation sites excluding steroid dienone is 3. The summed E-state index contributed by atoms with van der Waals surface area (Å²) in [4.78, 5) is 0. The zero-order valence-electron chi connectivity index (χ0n) is 9.99. The molecule has 0 N–H and O–H groups in total. The molecule has 16 heavy (non-hydrogen) atoms. The highest BCUT2D eigenvalue weighted by molar-refractivity contribution is 5.77. The van der Waals surface area contributed by atoms with Crippen molar-refractivity contribution < 1.29 is 4.74 Å². The summed E-state index contributed by atoms with van der Waals surface area (Å²) in [5.41, 5.74) is 4.08. The van der Waals surface area contributed by atoms with Crippen LogP contribution in [0.15, 0.2) is 30.4 Å². The third kappa shape index (κ3) is 2.19. The first-order valence-electron chi connectivity index (χ1n) is 5.89. The second-order valence-corrected chi connectivity index (χ2v) is 4.07. The number of hydrogen-bond donors (Lipinski definition) is 0. The SMILES string of the molecule is CCCC1=CCC=Cc2ccc(OC)cc21. The summed E-state index contributed by atoms with van der Waals surface area (Å²) in [5, 5.41) is 0. The van der Waals surface area contributed by atoms with Crippen molar-refractivity contribution in [2.45, 2.75) is 26.2 Å². The van der Waals surface area contributed by atoms with Crippen LogP contribution in [0.3, 0.4) is 0 Å². The van der Waals surface area contributed by atoms with E-state index in [0.29, 0.717) is 0 Å².